The second-order valence-corrected chi connectivity index (χ2v) is 5.00. The van der Waals surface area contributed by atoms with Crippen molar-refractivity contribution in [2.45, 2.75) is 45.2 Å². The molecule has 1 heterocycles. The van der Waals surface area contributed by atoms with Crippen molar-refractivity contribution in [1.29, 1.82) is 0 Å². The first-order valence-electron chi connectivity index (χ1n) is 6.73. The first-order valence-corrected chi connectivity index (χ1v) is 6.73. The van der Waals surface area contributed by atoms with Crippen molar-refractivity contribution < 1.29 is 9.90 Å². The summed E-state index contributed by atoms with van der Waals surface area (Å²) in [6.07, 6.45) is 3.37. The van der Waals surface area contributed by atoms with E-state index in [2.05, 4.69) is 36.1 Å². The third-order valence-electron chi connectivity index (χ3n) is 3.78. The molecule has 1 aromatic rings. The molecule has 0 bridgehead atoms. The Hall–Kier alpha value is -1.35. The van der Waals surface area contributed by atoms with Gasteiger partial charge in [-0.2, -0.15) is 0 Å². The normalized spacial score (nSPS) is 17.8. The Morgan fingerprint density at radius 1 is 1.39 bits per heavy atom. The molecule has 18 heavy (non-hydrogen) atoms. The lowest BCUT2D eigenvalue weighted by molar-refractivity contribution is -0.138. The van der Waals surface area contributed by atoms with E-state index in [1.807, 2.05) is 0 Å². The van der Waals surface area contributed by atoms with E-state index in [-0.39, 0.29) is 12.5 Å². The van der Waals surface area contributed by atoms with E-state index in [1.54, 1.807) is 0 Å². The fourth-order valence-electron chi connectivity index (χ4n) is 2.77. The molecule has 2 rings (SSSR count). The molecule has 0 aliphatic carbocycles. The standard InChI is InChI=1S/C15H21NO2/c1-2-14(10-15(17)18)16-9-5-8-12-6-3-4-7-13(12)11-16/h3-4,6-7,14H,2,5,8-11H2,1H3,(H,17,18). The Labute approximate surface area is 108 Å². The summed E-state index contributed by atoms with van der Waals surface area (Å²) in [4.78, 5) is 13.2. The maximum absolute atomic E-state index is 10.9. The van der Waals surface area contributed by atoms with Crippen molar-refractivity contribution in [3.05, 3.63) is 35.4 Å². The first-order chi connectivity index (χ1) is 8.70. The maximum atomic E-state index is 10.9. The van der Waals surface area contributed by atoms with Gasteiger partial charge in [-0.05, 0) is 36.9 Å². The second-order valence-electron chi connectivity index (χ2n) is 5.00. The fraction of sp³-hybridized carbons (Fsp3) is 0.533. The van der Waals surface area contributed by atoms with Gasteiger partial charge >= 0.3 is 5.97 Å². The van der Waals surface area contributed by atoms with Crippen LogP contribution in [0, 0.1) is 0 Å². The van der Waals surface area contributed by atoms with E-state index in [0.717, 1.165) is 32.4 Å². The van der Waals surface area contributed by atoms with Gasteiger partial charge in [-0.15, -0.1) is 0 Å². The van der Waals surface area contributed by atoms with Gasteiger partial charge in [0, 0.05) is 12.6 Å². The molecule has 1 aliphatic heterocycles. The second kappa shape index (κ2) is 6.01. The van der Waals surface area contributed by atoms with E-state index < -0.39 is 5.97 Å². The van der Waals surface area contributed by atoms with Crippen LogP contribution in [0.1, 0.15) is 37.3 Å². The lowest BCUT2D eigenvalue weighted by Gasteiger charge is -2.29. The topological polar surface area (TPSA) is 40.5 Å². The number of carboxylic acids is 1. The Kier molecular flexibility index (Phi) is 4.37. The molecule has 0 aromatic heterocycles. The molecule has 0 saturated heterocycles. The third-order valence-corrected chi connectivity index (χ3v) is 3.78. The fourth-order valence-corrected chi connectivity index (χ4v) is 2.77. The van der Waals surface area contributed by atoms with Crippen LogP contribution in [0.25, 0.3) is 0 Å². The number of fused-ring (bicyclic) bond motifs is 1. The van der Waals surface area contributed by atoms with Crippen molar-refractivity contribution >= 4 is 5.97 Å². The van der Waals surface area contributed by atoms with Crippen LogP contribution in [0.4, 0.5) is 0 Å². The Morgan fingerprint density at radius 2 is 2.11 bits per heavy atom. The van der Waals surface area contributed by atoms with E-state index in [0.29, 0.717) is 0 Å². The summed E-state index contributed by atoms with van der Waals surface area (Å²) in [5.74, 6) is -0.695. The molecule has 0 amide bonds. The number of carbonyl (C=O) groups is 1. The quantitative estimate of drug-likeness (QED) is 0.889. The molecule has 0 radical (unpaired) electrons. The van der Waals surface area contributed by atoms with Gasteiger partial charge in [0.15, 0.2) is 0 Å². The first kappa shape index (κ1) is 13.1. The van der Waals surface area contributed by atoms with E-state index in [4.69, 9.17) is 5.11 Å². The van der Waals surface area contributed by atoms with Crippen molar-refractivity contribution in [3.8, 4) is 0 Å². The summed E-state index contributed by atoms with van der Waals surface area (Å²) in [7, 11) is 0. The highest BCUT2D eigenvalue weighted by Gasteiger charge is 2.22. The lowest BCUT2D eigenvalue weighted by atomic mass is 10.0. The summed E-state index contributed by atoms with van der Waals surface area (Å²) in [5, 5.41) is 8.98. The zero-order valence-corrected chi connectivity index (χ0v) is 10.9. The van der Waals surface area contributed by atoms with Crippen molar-refractivity contribution in [2.24, 2.45) is 0 Å². The molecule has 0 saturated carbocycles. The Morgan fingerprint density at radius 3 is 2.78 bits per heavy atom. The number of hydrogen-bond acceptors (Lipinski definition) is 2. The van der Waals surface area contributed by atoms with E-state index in [9.17, 15) is 4.79 Å². The summed E-state index contributed by atoms with van der Waals surface area (Å²) in [5.41, 5.74) is 2.78. The number of carboxylic acid groups (broad SMARTS) is 1. The van der Waals surface area contributed by atoms with Gasteiger partial charge in [0.05, 0.1) is 6.42 Å². The molecule has 1 aromatic carbocycles. The maximum Gasteiger partial charge on any atom is 0.304 e. The van der Waals surface area contributed by atoms with Crippen LogP contribution in [-0.4, -0.2) is 28.6 Å². The zero-order valence-electron chi connectivity index (χ0n) is 10.9. The highest BCUT2D eigenvalue weighted by Crippen LogP contribution is 2.22. The van der Waals surface area contributed by atoms with Crippen LogP contribution in [0.5, 0.6) is 0 Å². The number of hydrogen-bond donors (Lipinski definition) is 1. The number of rotatable bonds is 4. The molecule has 98 valence electrons. The zero-order chi connectivity index (χ0) is 13.0. The largest absolute Gasteiger partial charge is 0.481 e. The Bertz CT molecular complexity index is 417. The van der Waals surface area contributed by atoms with Crippen LogP contribution < -0.4 is 0 Å². The van der Waals surface area contributed by atoms with Gasteiger partial charge in [0.25, 0.3) is 0 Å². The van der Waals surface area contributed by atoms with Gasteiger partial charge in [-0.3, -0.25) is 9.69 Å². The van der Waals surface area contributed by atoms with Crippen molar-refractivity contribution in [3.63, 3.8) is 0 Å². The number of benzene rings is 1. The predicted molar refractivity (Wildman–Crippen MR) is 71.5 cm³/mol. The molecular weight excluding hydrogens is 226 g/mol. The molecule has 0 fully saturated rings. The molecule has 0 spiro atoms. The van der Waals surface area contributed by atoms with Crippen molar-refractivity contribution in [1.82, 2.24) is 4.90 Å². The molecule has 1 atom stereocenters. The van der Waals surface area contributed by atoms with Gasteiger partial charge in [-0.1, -0.05) is 31.2 Å². The monoisotopic (exact) mass is 247 g/mol. The molecular formula is C15H21NO2. The van der Waals surface area contributed by atoms with Gasteiger partial charge in [-0.25, -0.2) is 0 Å². The smallest absolute Gasteiger partial charge is 0.304 e. The number of aliphatic carboxylic acids is 1. The summed E-state index contributed by atoms with van der Waals surface area (Å²) in [6.45, 7) is 3.97. The molecule has 1 N–H and O–H groups in total. The minimum absolute atomic E-state index is 0.161. The summed E-state index contributed by atoms with van der Waals surface area (Å²) < 4.78 is 0. The van der Waals surface area contributed by atoms with Crippen LogP contribution in [0.3, 0.4) is 0 Å². The number of nitrogens with zero attached hydrogens (tertiary/aromatic N) is 1. The molecule has 1 aliphatic rings. The minimum atomic E-state index is -0.695. The van der Waals surface area contributed by atoms with Crippen LogP contribution >= 0.6 is 0 Å². The lowest BCUT2D eigenvalue weighted by Crippen LogP contribution is -2.36. The van der Waals surface area contributed by atoms with E-state index in [1.165, 1.54) is 11.1 Å². The van der Waals surface area contributed by atoms with Gasteiger partial charge in [0.2, 0.25) is 0 Å². The third kappa shape index (κ3) is 3.10. The number of aryl methyl sites for hydroxylation is 1. The minimum Gasteiger partial charge on any atom is -0.481 e. The van der Waals surface area contributed by atoms with Gasteiger partial charge < -0.3 is 5.11 Å². The SMILES string of the molecule is CCC(CC(=O)O)N1CCCc2ccccc2C1. The van der Waals surface area contributed by atoms with Gasteiger partial charge in [0.1, 0.15) is 0 Å². The van der Waals surface area contributed by atoms with Crippen LogP contribution in [-0.2, 0) is 17.8 Å². The average Bonchev–Trinajstić information content (AvgIpc) is 2.57. The van der Waals surface area contributed by atoms with E-state index >= 15 is 0 Å². The highest BCUT2D eigenvalue weighted by atomic mass is 16.4. The summed E-state index contributed by atoms with van der Waals surface area (Å²) >= 11 is 0. The molecule has 1 unspecified atom stereocenters. The molecule has 3 heteroatoms. The summed E-state index contributed by atoms with van der Waals surface area (Å²) in [6, 6.07) is 8.68. The van der Waals surface area contributed by atoms with Crippen LogP contribution in [0.15, 0.2) is 24.3 Å². The average molecular weight is 247 g/mol. The van der Waals surface area contributed by atoms with Crippen LogP contribution in [0.2, 0.25) is 0 Å². The highest BCUT2D eigenvalue weighted by molar-refractivity contribution is 5.67. The van der Waals surface area contributed by atoms with Crippen molar-refractivity contribution in [2.75, 3.05) is 6.54 Å². The predicted octanol–water partition coefficient (Wildman–Crippen LogP) is 2.69. The Balaban J connectivity index is 2.13. The molecule has 3 nitrogen and oxygen atoms in total.